The first-order valence-electron chi connectivity index (χ1n) is 4.55. The van der Waals surface area contributed by atoms with Gasteiger partial charge < -0.3 is 35.1 Å². The number of ether oxygens (including phenoxy) is 1. The zero-order chi connectivity index (χ0) is 10.1. The van der Waals surface area contributed by atoms with E-state index in [1.54, 1.807) is 6.08 Å². The molecule has 0 amide bonds. The topological polar surface area (TPSA) is 9.23 Å². The summed E-state index contributed by atoms with van der Waals surface area (Å²) < 4.78 is 5.18. The van der Waals surface area contributed by atoms with Crippen molar-refractivity contribution in [2.24, 2.45) is 0 Å². The van der Waals surface area contributed by atoms with E-state index in [0.29, 0.717) is 6.61 Å². The van der Waals surface area contributed by atoms with E-state index in [9.17, 15) is 0 Å². The molecule has 15 heavy (non-hydrogen) atoms. The third-order valence-corrected chi connectivity index (χ3v) is 1.56. The van der Waals surface area contributed by atoms with E-state index in [2.05, 4.69) is 6.58 Å². The van der Waals surface area contributed by atoms with Crippen molar-refractivity contribution in [3.63, 3.8) is 0 Å². The van der Waals surface area contributed by atoms with Crippen molar-refractivity contribution in [2.45, 2.75) is 0 Å². The van der Waals surface area contributed by atoms with Crippen molar-refractivity contribution in [2.75, 3.05) is 6.61 Å². The van der Waals surface area contributed by atoms with E-state index in [1.807, 2.05) is 54.6 Å². The van der Waals surface area contributed by atoms with Crippen molar-refractivity contribution in [3.8, 4) is 5.75 Å². The normalized spacial score (nSPS) is 8.00. The summed E-state index contributed by atoms with van der Waals surface area (Å²) in [6.45, 7) is 4.12. The Kier molecular flexibility index (Phi) is 8.55. The van der Waals surface area contributed by atoms with E-state index in [-0.39, 0.29) is 17.1 Å². The monoisotopic (exact) mass is 242 g/mol. The van der Waals surface area contributed by atoms with Crippen LogP contribution in [0.25, 0.3) is 0 Å². The molecule has 0 radical (unpaired) electrons. The van der Waals surface area contributed by atoms with E-state index in [0.717, 1.165) is 5.75 Å². The first-order chi connectivity index (χ1) is 6.93. The maximum atomic E-state index is 5.18. The molecular formula is C13H14FeO-6. The summed E-state index contributed by atoms with van der Waals surface area (Å²) in [4.78, 5) is 0. The molecule has 2 rings (SSSR count). The molecule has 0 unspecified atom stereocenters. The van der Waals surface area contributed by atoms with Gasteiger partial charge in [0.15, 0.2) is 0 Å². The second-order valence-electron chi connectivity index (χ2n) is 2.68. The summed E-state index contributed by atoms with van der Waals surface area (Å²) in [6.07, 6.45) is 1.73. The van der Waals surface area contributed by atoms with Crippen LogP contribution in [0.15, 0.2) is 67.3 Å². The molecule has 0 aliphatic carbocycles. The van der Waals surface area contributed by atoms with Crippen LogP contribution in [0.2, 0.25) is 0 Å². The van der Waals surface area contributed by atoms with Gasteiger partial charge in [-0.15, -0.1) is 12.1 Å². The molecule has 0 saturated carbocycles. The second kappa shape index (κ2) is 9.32. The van der Waals surface area contributed by atoms with Crippen LogP contribution in [-0.4, -0.2) is 6.61 Å². The Hall–Kier alpha value is -1.24. The fraction of sp³-hybridized carbons (Fsp3) is 0.0769. The molecule has 0 aromatic heterocycles. The summed E-state index contributed by atoms with van der Waals surface area (Å²) in [6, 6.07) is 17.7. The minimum Gasteiger partial charge on any atom is -0.748 e. The SMILES string of the molecule is C=CCO[c-]1cccc1.[Fe].[cH-]1[cH-][cH-][cH-][cH-]1. The third kappa shape index (κ3) is 6.78. The van der Waals surface area contributed by atoms with Gasteiger partial charge in [-0.25, -0.2) is 12.1 Å². The molecule has 1 nitrogen and oxygen atoms in total. The summed E-state index contributed by atoms with van der Waals surface area (Å²) >= 11 is 0. The maximum absolute atomic E-state index is 5.18. The minimum atomic E-state index is 0. The van der Waals surface area contributed by atoms with E-state index >= 15 is 0 Å². The average molecular weight is 242 g/mol. The Morgan fingerprint density at radius 1 is 1.07 bits per heavy atom. The van der Waals surface area contributed by atoms with Crippen LogP contribution in [0.3, 0.4) is 0 Å². The zero-order valence-electron chi connectivity index (χ0n) is 8.45. The molecule has 2 aromatic rings. The van der Waals surface area contributed by atoms with Crippen LogP contribution in [-0.2, 0) is 17.1 Å². The van der Waals surface area contributed by atoms with Gasteiger partial charge >= 0.3 is 0 Å². The standard InChI is InChI=1S/C8H9O.C5H5.Fe/c1-2-7-9-8-5-3-4-6-8;1-2-4-5-3-1;/h2-6H,1,7H2;1-5H;/q-1;-5;. The summed E-state index contributed by atoms with van der Waals surface area (Å²) in [5.41, 5.74) is 0. The van der Waals surface area contributed by atoms with Crippen molar-refractivity contribution in [1.82, 2.24) is 0 Å². The molecule has 0 aliphatic rings. The summed E-state index contributed by atoms with van der Waals surface area (Å²) in [5, 5.41) is 0. The third-order valence-electron chi connectivity index (χ3n) is 1.56. The molecule has 0 saturated heterocycles. The Morgan fingerprint density at radius 3 is 1.93 bits per heavy atom. The van der Waals surface area contributed by atoms with Crippen LogP contribution < -0.4 is 4.74 Å². The average Bonchev–Trinajstić information content (AvgIpc) is 2.90. The van der Waals surface area contributed by atoms with Gasteiger partial charge in [0.05, 0.1) is 6.61 Å². The molecule has 2 heteroatoms. The van der Waals surface area contributed by atoms with Crippen LogP contribution in [0.5, 0.6) is 5.75 Å². The Morgan fingerprint density at radius 2 is 1.53 bits per heavy atom. The van der Waals surface area contributed by atoms with Crippen LogP contribution in [0, 0.1) is 0 Å². The smallest absolute Gasteiger partial charge is 0.0896 e. The van der Waals surface area contributed by atoms with Crippen LogP contribution in [0.4, 0.5) is 0 Å². The van der Waals surface area contributed by atoms with E-state index in [1.165, 1.54) is 0 Å². The first-order valence-corrected chi connectivity index (χ1v) is 4.55. The largest absolute Gasteiger partial charge is 0.748 e. The van der Waals surface area contributed by atoms with Gasteiger partial charge in [-0.1, -0.05) is 12.7 Å². The fourth-order valence-electron chi connectivity index (χ4n) is 0.928. The molecule has 2 aromatic carbocycles. The second-order valence-corrected chi connectivity index (χ2v) is 2.68. The molecule has 0 atom stereocenters. The Labute approximate surface area is 102 Å². The molecule has 0 spiro atoms. The molecule has 0 aliphatic heterocycles. The number of hydrogen-bond donors (Lipinski definition) is 0. The van der Waals surface area contributed by atoms with Gasteiger partial charge in [0.25, 0.3) is 0 Å². The fourth-order valence-corrected chi connectivity index (χ4v) is 0.928. The predicted octanol–water partition coefficient (Wildman–Crippen LogP) is 3.37. The molecular weight excluding hydrogens is 228 g/mol. The van der Waals surface area contributed by atoms with Crippen molar-refractivity contribution in [1.29, 1.82) is 0 Å². The number of rotatable bonds is 3. The maximum Gasteiger partial charge on any atom is 0.0896 e. The predicted molar refractivity (Wildman–Crippen MR) is 59.8 cm³/mol. The van der Waals surface area contributed by atoms with Gasteiger partial charge in [0.2, 0.25) is 0 Å². The Balaban J connectivity index is 0.000000280. The van der Waals surface area contributed by atoms with Gasteiger partial charge in [-0.05, 0) is 0 Å². The first kappa shape index (κ1) is 13.8. The Bertz CT molecular complexity index is 291. The van der Waals surface area contributed by atoms with Crippen LogP contribution >= 0.6 is 0 Å². The van der Waals surface area contributed by atoms with E-state index < -0.39 is 0 Å². The molecule has 86 valence electrons. The summed E-state index contributed by atoms with van der Waals surface area (Å²) in [5.74, 6) is 0.912. The zero-order valence-corrected chi connectivity index (χ0v) is 9.55. The summed E-state index contributed by atoms with van der Waals surface area (Å²) in [7, 11) is 0. The van der Waals surface area contributed by atoms with E-state index in [4.69, 9.17) is 4.74 Å². The quantitative estimate of drug-likeness (QED) is 0.455. The molecule has 0 N–H and O–H groups in total. The molecule has 0 bridgehead atoms. The van der Waals surface area contributed by atoms with Gasteiger partial charge in [-0.2, -0.15) is 0 Å². The van der Waals surface area contributed by atoms with Gasteiger partial charge in [0, 0.05) is 22.8 Å². The van der Waals surface area contributed by atoms with Crippen molar-refractivity contribution < 1.29 is 21.8 Å². The van der Waals surface area contributed by atoms with Crippen molar-refractivity contribution in [3.05, 3.63) is 67.3 Å². The van der Waals surface area contributed by atoms with Gasteiger partial charge in [-0.3, -0.25) is 0 Å². The molecule has 0 heterocycles. The minimum absolute atomic E-state index is 0. The number of hydrogen-bond acceptors (Lipinski definition) is 1. The van der Waals surface area contributed by atoms with Crippen molar-refractivity contribution >= 4 is 0 Å². The van der Waals surface area contributed by atoms with Gasteiger partial charge in [0.1, 0.15) is 0 Å². The molecule has 0 fully saturated rings. The van der Waals surface area contributed by atoms with Crippen LogP contribution in [0.1, 0.15) is 0 Å².